The summed E-state index contributed by atoms with van der Waals surface area (Å²) in [6.45, 7) is -0.106. The van der Waals surface area contributed by atoms with Crippen molar-refractivity contribution in [2.24, 2.45) is 0 Å². The van der Waals surface area contributed by atoms with E-state index in [-0.39, 0.29) is 23.6 Å². The van der Waals surface area contributed by atoms with Gasteiger partial charge in [-0.05, 0) is 48.0 Å². The maximum Gasteiger partial charge on any atom is 0.416 e. The van der Waals surface area contributed by atoms with Crippen LogP contribution in [-0.4, -0.2) is 12.1 Å². The van der Waals surface area contributed by atoms with Crippen molar-refractivity contribution >= 4 is 29.1 Å². The Balaban J connectivity index is 1.60. The van der Waals surface area contributed by atoms with Crippen molar-refractivity contribution in [1.29, 1.82) is 0 Å². The summed E-state index contributed by atoms with van der Waals surface area (Å²) in [5, 5.41) is 9.55. The summed E-state index contributed by atoms with van der Waals surface area (Å²) in [5.41, 5.74) is -1.29. The van der Waals surface area contributed by atoms with Gasteiger partial charge in [0, 0.05) is 23.6 Å². The Morgan fingerprint density at radius 1 is 0.629 bits per heavy atom. The lowest BCUT2D eigenvalue weighted by Crippen LogP contribution is -2.29. The Kier molecular flexibility index (Phi) is 7.52. The van der Waals surface area contributed by atoms with Gasteiger partial charge in [-0.15, -0.1) is 0 Å². The molecule has 0 aliphatic rings. The molecule has 0 atom stereocenters. The van der Waals surface area contributed by atoms with Crippen LogP contribution in [0, 0.1) is 0 Å². The first-order chi connectivity index (χ1) is 16.4. The molecule has 0 unspecified atom stereocenters. The minimum Gasteiger partial charge on any atom is -0.334 e. The number of rotatable bonds is 5. The second-order valence-corrected chi connectivity index (χ2v) is 7.20. The normalized spacial score (nSPS) is 11.5. The molecule has 0 saturated carbocycles. The molecule has 0 fully saturated rings. The number of para-hydroxylation sites is 1. The Labute approximate surface area is 195 Å². The van der Waals surface area contributed by atoms with Crippen LogP contribution in [0.5, 0.6) is 0 Å². The number of halogens is 6. The second kappa shape index (κ2) is 10.4. The highest BCUT2D eigenvalue weighted by Gasteiger charge is 2.31. The molecule has 4 N–H and O–H groups in total. The first-order valence-corrected chi connectivity index (χ1v) is 9.97. The van der Waals surface area contributed by atoms with Crippen LogP contribution in [0.15, 0.2) is 72.8 Å². The maximum absolute atomic E-state index is 12.8. The van der Waals surface area contributed by atoms with Crippen molar-refractivity contribution in [3.05, 3.63) is 89.5 Å². The van der Waals surface area contributed by atoms with Crippen molar-refractivity contribution < 1.29 is 35.9 Å². The molecule has 0 saturated heterocycles. The van der Waals surface area contributed by atoms with Gasteiger partial charge in [-0.1, -0.05) is 30.3 Å². The Morgan fingerprint density at radius 3 is 1.69 bits per heavy atom. The van der Waals surface area contributed by atoms with Gasteiger partial charge in [-0.2, -0.15) is 26.3 Å². The molecule has 0 heterocycles. The zero-order valence-electron chi connectivity index (χ0n) is 17.7. The van der Waals surface area contributed by atoms with E-state index in [1.54, 1.807) is 18.2 Å². The molecule has 0 aromatic heterocycles. The zero-order chi connectivity index (χ0) is 25.6. The SMILES string of the molecule is O=C(NCc1ccccc1NC(=O)Nc1cccc(C(F)(F)F)c1)Nc1cccc(C(F)(F)F)c1. The van der Waals surface area contributed by atoms with Gasteiger partial charge in [-0.3, -0.25) is 0 Å². The number of hydrogen-bond acceptors (Lipinski definition) is 2. The number of carbonyl (C=O) groups excluding carboxylic acids is 2. The average Bonchev–Trinajstić information content (AvgIpc) is 2.78. The van der Waals surface area contributed by atoms with Crippen LogP contribution in [0.1, 0.15) is 16.7 Å². The lowest BCUT2D eigenvalue weighted by Gasteiger charge is -2.14. The summed E-state index contributed by atoms with van der Waals surface area (Å²) in [7, 11) is 0. The van der Waals surface area contributed by atoms with E-state index >= 15 is 0 Å². The summed E-state index contributed by atoms with van der Waals surface area (Å²) >= 11 is 0. The van der Waals surface area contributed by atoms with Crippen molar-refractivity contribution in [2.75, 3.05) is 16.0 Å². The first-order valence-electron chi connectivity index (χ1n) is 9.97. The number of hydrogen-bond donors (Lipinski definition) is 4. The predicted molar refractivity (Wildman–Crippen MR) is 118 cm³/mol. The van der Waals surface area contributed by atoms with Crippen LogP contribution in [0.2, 0.25) is 0 Å². The summed E-state index contributed by atoms with van der Waals surface area (Å²) in [4.78, 5) is 24.4. The lowest BCUT2D eigenvalue weighted by atomic mass is 10.1. The summed E-state index contributed by atoms with van der Waals surface area (Å²) in [6.07, 6.45) is -9.13. The number of alkyl halides is 6. The molecule has 3 aromatic rings. The quantitative estimate of drug-likeness (QED) is 0.297. The van der Waals surface area contributed by atoms with Crippen molar-refractivity contribution in [1.82, 2.24) is 5.32 Å². The van der Waals surface area contributed by atoms with E-state index < -0.39 is 35.5 Å². The van der Waals surface area contributed by atoms with Crippen LogP contribution in [0.25, 0.3) is 0 Å². The topological polar surface area (TPSA) is 82.3 Å². The lowest BCUT2D eigenvalue weighted by molar-refractivity contribution is -0.138. The van der Waals surface area contributed by atoms with E-state index in [0.717, 1.165) is 36.4 Å². The molecular formula is C23H18F6N4O2. The smallest absolute Gasteiger partial charge is 0.334 e. The standard InChI is InChI=1S/C23H18F6N4O2/c24-22(25,26)15-6-3-8-17(11-15)31-20(34)30-13-14-5-1-2-10-19(14)33-21(35)32-18-9-4-7-16(12-18)23(27,28)29/h1-12H,13H2,(H2,30,31,34)(H2,32,33,35). The molecule has 3 aromatic carbocycles. The van der Waals surface area contributed by atoms with Gasteiger partial charge < -0.3 is 21.3 Å². The molecule has 0 aliphatic carbocycles. The molecule has 6 nitrogen and oxygen atoms in total. The van der Waals surface area contributed by atoms with E-state index in [2.05, 4.69) is 21.3 Å². The highest BCUT2D eigenvalue weighted by atomic mass is 19.4. The Morgan fingerprint density at radius 2 is 1.14 bits per heavy atom. The maximum atomic E-state index is 12.8. The molecule has 0 radical (unpaired) electrons. The second-order valence-electron chi connectivity index (χ2n) is 7.20. The molecule has 4 amide bonds. The fourth-order valence-corrected chi connectivity index (χ4v) is 2.98. The molecule has 3 rings (SSSR count). The minimum absolute atomic E-state index is 0.0656. The summed E-state index contributed by atoms with van der Waals surface area (Å²) in [5.74, 6) is 0. The van der Waals surface area contributed by atoms with E-state index in [0.29, 0.717) is 5.56 Å². The third-order valence-electron chi connectivity index (χ3n) is 4.60. The number of benzene rings is 3. The third-order valence-corrected chi connectivity index (χ3v) is 4.60. The predicted octanol–water partition coefficient (Wildman–Crippen LogP) is 6.69. The van der Waals surface area contributed by atoms with Crippen molar-refractivity contribution in [3.63, 3.8) is 0 Å². The third kappa shape index (κ3) is 7.39. The van der Waals surface area contributed by atoms with Gasteiger partial charge in [0.05, 0.1) is 11.1 Å². The van der Waals surface area contributed by atoms with Crippen LogP contribution < -0.4 is 21.3 Å². The van der Waals surface area contributed by atoms with E-state index in [4.69, 9.17) is 0 Å². The number of anilines is 3. The van der Waals surface area contributed by atoms with Gasteiger partial charge >= 0.3 is 24.4 Å². The van der Waals surface area contributed by atoms with Gasteiger partial charge in [-0.25, -0.2) is 9.59 Å². The minimum atomic E-state index is -4.57. The number of amides is 4. The molecule has 0 spiro atoms. The monoisotopic (exact) mass is 496 g/mol. The molecule has 0 bridgehead atoms. The Bertz CT molecular complexity index is 1210. The highest BCUT2D eigenvalue weighted by molar-refractivity contribution is 6.00. The number of nitrogens with one attached hydrogen (secondary N) is 4. The van der Waals surface area contributed by atoms with Crippen LogP contribution in [0.4, 0.5) is 53.0 Å². The summed E-state index contributed by atoms with van der Waals surface area (Å²) < 4.78 is 77.0. The molecular weight excluding hydrogens is 478 g/mol. The van der Waals surface area contributed by atoms with E-state index in [9.17, 15) is 35.9 Å². The zero-order valence-corrected chi connectivity index (χ0v) is 17.7. The molecule has 0 aliphatic heterocycles. The highest BCUT2D eigenvalue weighted by Crippen LogP contribution is 2.31. The summed E-state index contributed by atoms with van der Waals surface area (Å²) in [6, 6.07) is 12.9. The van der Waals surface area contributed by atoms with Crippen molar-refractivity contribution in [3.8, 4) is 0 Å². The van der Waals surface area contributed by atoms with Crippen molar-refractivity contribution in [2.45, 2.75) is 18.9 Å². The number of urea groups is 2. The Hall–Kier alpha value is -4.22. The average molecular weight is 496 g/mol. The van der Waals surface area contributed by atoms with Crippen LogP contribution >= 0.6 is 0 Å². The fraction of sp³-hybridized carbons (Fsp3) is 0.130. The van der Waals surface area contributed by atoms with E-state index in [1.165, 1.54) is 18.2 Å². The van der Waals surface area contributed by atoms with Gasteiger partial charge in [0.15, 0.2) is 0 Å². The van der Waals surface area contributed by atoms with Gasteiger partial charge in [0.2, 0.25) is 0 Å². The fourth-order valence-electron chi connectivity index (χ4n) is 2.98. The van der Waals surface area contributed by atoms with Crippen LogP contribution in [-0.2, 0) is 18.9 Å². The number of carbonyl (C=O) groups is 2. The molecule has 12 heteroatoms. The largest absolute Gasteiger partial charge is 0.416 e. The van der Waals surface area contributed by atoms with Gasteiger partial charge in [0.25, 0.3) is 0 Å². The molecule has 35 heavy (non-hydrogen) atoms. The molecule has 184 valence electrons. The van der Waals surface area contributed by atoms with Gasteiger partial charge in [0.1, 0.15) is 0 Å². The van der Waals surface area contributed by atoms with E-state index in [1.807, 2.05) is 0 Å². The van der Waals surface area contributed by atoms with Crippen LogP contribution in [0.3, 0.4) is 0 Å². The first kappa shape index (κ1) is 25.4.